The SMILES string of the molecule is CCOC(=O)C1=C(C)N=c2s/c(=C\c3cc(Br)c(OCc4ccccc4)c(Br)c3)c(=O)n2[C@@H]1c1ccc(Cl)cc1. The summed E-state index contributed by atoms with van der Waals surface area (Å²) in [7, 11) is 0. The van der Waals surface area contributed by atoms with Gasteiger partial charge in [-0.15, -0.1) is 0 Å². The lowest BCUT2D eigenvalue weighted by Crippen LogP contribution is -2.39. The molecule has 4 aromatic rings. The lowest BCUT2D eigenvalue weighted by atomic mass is 9.96. The largest absolute Gasteiger partial charge is 0.487 e. The molecule has 3 aromatic carbocycles. The molecule has 0 bridgehead atoms. The fourth-order valence-electron chi connectivity index (χ4n) is 4.43. The molecule has 2 heterocycles. The molecule has 0 saturated heterocycles. The van der Waals surface area contributed by atoms with Crippen LogP contribution in [0, 0.1) is 0 Å². The van der Waals surface area contributed by atoms with Crippen molar-refractivity contribution in [1.82, 2.24) is 4.57 Å². The molecule has 1 aliphatic rings. The molecule has 0 amide bonds. The van der Waals surface area contributed by atoms with Crippen LogP contribution in [0.1, 0.15) is 36.6 Å². The van der Waals surface area contributed by atoms with Gasteiger partial charge < -0.3 is 9.47 Å². The summed E-state index contributed by atoms with van der Waals surface area (Å²) in [4.78, 5) is 32.0. The highest BCUT2D eigenvalue weighted by molar-refractivity contribution is 9.11. The van der Waals surface area contributed by atoms with Crippen molar-refractivity contribution in [2.45, 2.75) is 26.5 Å². The van der Waals surface area contributed by atoms with Crippen LogP contribution in [0.2, 0.25) is 5.02 Å². The number of hydrogen-bond acceptors (Lipinski definition) is 6. The van der Waals surface area contributed by atoms with Crippen molar-refractivity contribution in [2.75, 3.05) is 6.61 Å². The lowest BCUT2D eigenvalue weighted by molar-refractivity contribution is -0.139. The van der Waals surface area contributed by atoms with Gasteiger partial charge in [0.05, 0.1) is 37.4 Å². The molecule has 0 N–H and O–H groups in total. The Labute approximate surface area is 256 Å². The summed E-state index contributed by atoms with van der Waals surface area (Å²) in [5.41, 5.74) is 3.17. The van der Waals surface area contributed by atoms with Gasteiger partial charge in [-0.2, -0.15) is 0 Å². The van der Waals surface area contributed by atoms with Crippen molar-refractivity contribution in [3.05, 3.63) is 128 Å². The van der Waals surface area contributed by atoms with Gasteiger partial charge in [0.2, 0.25) is 0 Å². The van der Waals surface area contributed by atoms with E-state index in [1.165, 1.54) is 11.3 Å². The minimum absolute atomic E-state index is 0.211. The van der Waals surface area contributed by atoms with Crippen LogP contribution in [0.5, 0.6) is 5.75 Å². The third-order valence-electron chi connectivity index (χ3n) is 6.25. The molecule has 10 heteroatoms. The molecule has 204 valence electrons. The summed E-state index contributed by atoms with van der Waals surface area (Å²) >= 11 is 14.6. The number of ether oxygens (including phenoxy) is 2. The van der Waals surface area contributed by atoms with Gasteiger partial charge in [0.15, 0.2) is 4.80 Å². The molecule has 1 aromatic heterocycles. The van der Waals surface area contributed by atoms with Crippen LogP contribution >= 0.6 is 54.8 Å². The fourth-order valence-corrected chi connectivity index (χ4v) is 7.06. The van der Waals surface area contributed by atoms with Gasteiger partial charge in [-0.1, -0.05) is 65.4 Å². The van der Waals surface area contributed by atoms with Crippen LogP contribution in [0.15, 0.2) is 96.7 Å². The van der Waals surface area contributed by atoms with Gasteiger partial charge in [-0.05, 0) is 92.7 Å². The predicted molar refractivity (Wildman–Crippen MR) is 164 cm³/mol. The van der Waals surface area contributed by atoms with Crippen molar-refractivity contribution < 1.29 is 14.3 Å². The number of aromatic nitrogens is 1. The molecule has 0 saturated carbocycles. The van der Waals surface area contributed by atoms with E-state index in [0.29, 0.717) is 38.0 Å². The molecule has 40 heavy (non-hydrogen) atoms. The molecular weight excluding hydrogens is 680 g/mol. The molecular formula is C30H23Br2ClN2O4S. The lowest BCUT2D eigenvalue weighted by Gasteiger charge is -2.24. The number of carbonyl (C=O) groups is 1. The Hall–Kier alpha value is -2.98. The van der Waals surface area contributed by atoms with E-state index < -0.39 is 12.0 Å². The zero-order chi connectivity index (χ0) is 28.4. The Morgan fingerprint density at radius 1 is 1.10 bits per heavy atom. The van der Waals surface area contributed by atoms with E-state index in [1.54, 1.807) is 30.5 Å². The quantitative estimate of drug-likeness (QED) is 0.205. The van der Waals surface area contributed by atoms with Gasteiger partial charge in [0, 0.05) is 5.02 Å². The molecule has 0 radical (unpaired) electrons. The minimum Gasteiger partial charge on any atom is -0.487 e. The van der Waals surface area contributed by atoms with Gasteiger partial charge in [-0.25, -0.2) is 9.79 Å². The van der Waals surface area contributed by atoms with Gasteiger partial charge in [0.25, 0.3) is 5.56 Å². The van der Waals surface area contributed by atoms with E-state index in [1.807, 2.05) is 60.7 Å². The first-order valence-corrected chi connectivity index (χ1v) is 15.2. The van der Waals surface area contributed by atoms with Crippen LogP contribution in [0.3, 0.4) is 0 Å². The highest BCUT2D eigenvalue weighted by Crippen LogP contribution is 2.36. The maximum Gasteiger partial charge on any atom is 0.338 e. The van der Waals surface area contributed by atoms with Gasteiger partial charge in [0.1, 0.15) is 12.4 Å². The van der Waals surface area contributed by atoms with Crippen molar-refractivity contribution in [3.8, 4) is 5.75 Å². The van der Waals surface area contributed by atoms with Gasteiger partial charge in [-0.3, -0.25) is 9.36 Å². The van der Waals surface area contributed by atoms with Gasteiger partial charge >= 0.3 is 5.97 Å². The molecule has 5 rings (SSSR count). The van der Waals surface area contributed by atoms with E-state index in [9.17, 15) is 9.59 Å². The van der Waals surface area contributed by atoms with Crippen LogP contribution in [0.25, 0.3) is 6.08 Å². The maximum atomic E-state index is 13.8. The Bertz CT molecular complexity index is 1780. The molecule has 6 nitrogen and oxygen atoms in total. The minimum atomic E-state index is -0.693. The van der Waals surface area contributed by atoms with Crippen LogP contribution in [0.4, 0.5) is 0 Å². The number of carbonyl (C=O) groups excluding carboxylic acids is 1. The highest BCUT2D eigenvalue weighted by Gasteiger charge is 2.33. The number of allylic oxidation sites excluding steroid dienone is 1. The second-order valence-corrected chi connectivity index (χ2v) is 12.1. The maximum absolute atomic E-state index is 13.8. The zero-order valence-electron chi connectivity index (χ0n) is 21.5. The third kappa shape index (κ3) is 5.88. The number of halogens is 3. The Morgan fingerprint density at radius 3 is 2.42 bits per heavy atom. The van der Waals surface area contributed by atoms with Crippen LogP contribution in [-0.4, -0.2) is 17.1 Å². The zero-order valence-corrected chi connectivity index (χ0v) is 26.2. The number of esters is 1. The first kappa shape index (κ1) is 28.5. The average Bonchev–Trinajstić information content (AvgIpc) is 3.22. The molecule has 0 aliphatic carbocycles. The smallest absolute Gasteiger partial charge is 0.338 e. The van der Waals surface area contributed by atoms with E-state index in [-0.39, 0.29) is 12.2 Å². The number of nitrogens with zero attached hydrogens (tertiary/aromatic N) is 2. The van der Waals surface area contributed by atoms with Crippen LogP contribution in [-0.2, 0) is 16.1 Å². The van der Waals surface area contributed by atoms with Crippen molar-refractivity contribution in [1.29, 1.82) is 0 Å². The van der Waals surface area contributed by atoms with Crippen LogP contribution < -0.4 is 19.6 Å². The molecule has 0 unspecified atom stereocenters. The summed E-state index contributed by atoms with van der Waals surface area (Å²) in [5, 5.41) is 0.557. The second kappa shape index (κ2) is 12.3. The monoisotopic (exact) mass is 700 g/mol. The molecule has 1 atom stereocenters. The van der Waals surface area contributed by atoms with Crippen molar-refractivity contribution in [2.24, 2.45) is 4.99 Å². The summed E-state index contributed by atoms with van der Waals surface area (Å²) in [6.07, 6.45) is 1.81. The Morgan fingerprint density at radius 2 is 1.77 bits per heavy atom. The van der Waals surface area contributed by atoms with E-state index >= 15 is 0 Å². The predicted octanol–water partition coefficient (Wildman–Crippen LogP) is 6.56. The Kier molecular flexibility index (Phi) is 8.75. The summed E-state index contributed by atoms with van der Waals surface area (Å²) < 4.78 is 14.9. The standard InChI is InChI=1S/C30H23Br2ClN2O4S/c1-3-38-29(37)25-17(2)34-30-35(26(25)20-9-11-21(33)12-10-20)28(36)24(40-30)15-19-13-22(31)27(23(32)14-19)39-16-18-7-5-4-6-8-18/h4-15,26H,3,16H2,1-2H3/b24-15-/t26-/m1/s1. The highest BCUT2D eigenvalue weighted by atomic mass is 79.9. The van der Waals surface area contributed by atoms with Crippen molar-refractivity contribution >= 4 is 66.8 Å². The number of hydrogen-bond donors (Lipinski definition) is 0. The molecule has 0 spiro atoms. The number of thiazole rings is 1. The summed E-state index contributed by atoms with van der Waals surface area (Å²) in [5.74, 6) is 0.164. The summed E-state index contributed by atoms with van der Waals surface area (Å²) in [6, 6.07) is 20.1. The number of benzene rings is 3. The van der Waals surface area contributed by atoms with E-state index in [4.69, 9.17) is 21.1 Å². The number of rotatable bonds is 7. The Balaban J connectivity index is 1.56. The fraction of sp³-hybridized carbons (Fsp3) is 0.167. The molecule has 0 fully saturated rings. The summed E-state index contributed by atoms with van der Waals surface area (Å²) in [6.45, 7) is 4.13. The topological polar surface area (TPSA) is 69.9 Å². The second-order valence-electron chi connectivity index (χ2n) is 8.94. The number of fused-ring (bicyclic) bond motifs is 1. The normalized spacial score (nSPS) is 15.0. The molecule has 1 aliphatic heterocycles. The van der Waals surface area contributed by atoms with Crippen molar-refractivity contribution in [3.63, 3.8) is 0 Å². The van der Waals surface area contributed by atoms with E-state index in [0.717, 1.165) is 25.6 Å². The van der Waals surface area contributed by atoms with E-state index in [2.05, 4.69) is 36.9 Å². The first-order chi connectivity index (χ1) is 19.3. The average molecular weight is 703 g/mol. The third-order valence-corrected chi connectivity index (χ3v) is 8.66. The first-order valence-electron chi connectivity index (χ1n) is 12.4.